The quantitative estimate of drug-likeness (QED) is 0.748. The number of nitriles is 1. The molecule has 0 aliphatic rings. The van der Waals surface area contributed by atoms with Gasteiger partial charge in [-0.15, -0.1) is 11.3 Å². The minimum absolute atomic E-state index is 0.417. The molecule has 2 aromatic rings. The number of fused-ring (bicyclic) bond motifs is 1. The molecule has 0 N–H and O–H groups in total. The van der Waals surface area contributed by atoms with Crippen LogP contribution in [0.25, 0.3) is 10.2 Å². The van der Waals surface area contributed by atoms with Crippen LogP contribution in [-0.2, 0) is 0 Å². The van der Waals surface area contributed by atoms with E-state index in [0.717, 1.165) is 4.70 Å². The van der Waals surface area contributed by atoms with Crippen LogP contribution in [-0.4, -0.2) is 12.1 Å². The zero-order valence-electron chi connectivity index (χ0n) is 7.24. The summed E-state index contributed by atoms with van der Waals surface area (Å²) in [5, 5.41) is 9.70. The summed E-state index contributed by atoms with van der Waals surface area (Å²) >= 11 is 7.18. The first-order chi connectivity index (χ1) is 6.74. The Morgan fingerprint density at radius 2 is 2.36 bits per heavy atom. The maximum atomic E-state index is 8.70. The number of nitrogens with zero attached hydrogens (tertiary/aromatic N) is 2. The Hall–Kier alpha value is -1.31. The van der Waals surface area contributed by atoms with E-state index in [4.69, 9.17) is 21.6 Å². The van der Waals surface area contributed by atoms with Gasteiger partial charge in [0.15, 0.2) is 5.01 Å². The summed E-state index contributed by atoms with van der Waals surface area (Å²) in [6.45, 7) is 0. The maximum Gasteiger partial charge on any atom is 0.195 e. The molecular weight excluding hydrogens is 220 g/mol. The highest BCUT2D eigenvalue weighted by Crippen LogP contribution is 2.32. The third-order valence-corrected chi connectivity index (χ3v) is 2.87. The number of aromatic nitrogens is 1. The average molecular weight is 225 g/mol. The Labute approximate surface area is 89.5 Å². The van der Waals surface area contributed by atoms with Gasteiger partial charge in [-0.3, -0.25) is 0 Å². The molecule has 0 atom stereocenters. The van der Waals surface area contributed by atoms with Crippen LogP contribution in [0.3, 0.4) is 0 Å². The molecule has 0 saturated carbocycles. The molecule has 5 heteroatoms. The standard InChI is InChI=1S/C9H5ClN2OS/c1-13-6-2-5(10)3-7-9(6)12-8(4-11)14-7/h2-3H,1H3. The van der Waals surface area contributed by atoms with Crippen LogP contribution in [0.2, 0.25) is 5.02 Å². The monoisotopic (exact) mass is 224 g/mol. The van der Waals surface area contributed by atoms with Gasteiger partial charge in [0.25, 0.3) is 0 Å². The van der Waals surface area contributed by atoms with Crippen LogP contribution < -0.4 is 4.74 Å². The number of rotatable bonds is 1. The summed E-state index contributed by atoms with van der Waals surface area (Å²) in [6.07, 6.45) is 0. The van der Waals surface area contributed by atoms with Crippen LogP contribution >= 0.6 is 22.9 Å². The maximum absolute atomic E-state index is 8.70. The zero-order chi connectivity index (χ0) is 10.1. The number of benzene rings is 1. The zero-order valence-corrected chi connectivity index (χ0v) is 8.82. The van der Waals surface area contributed by atoms with Crippen molar-refractivity contribution in [1.29, 1.82) is 5.26 Å². The summed E-state index contributed by atoms with van der Waals surface area (Å²) in [6, 6.07) is 5.46. The first kappa shape index (κ1) is 9.25. The minimum Gasteiger partial charge on any atom is -0.494 e. The van der Waals surface area contributed by atoms with Crippen molar-refractivity contribution in [2.75, 3.05) is 7.11 Å². The van der Waals surface area contributed by atoms with Crippen molar-refractivity contribution in [3.05, 3.63) is 22.2 Å². The van der Waals surface area contributed by atoms with E-state index in [9.17, 15) is 0 Å². The second-order valence-electron chi connectivity index (χ2n) is 2.59. The summed E-state index contributed by atoms with van der Waals surface area (Å²) in [7, 11) is 1.55. The molecule has 3 nitrogen and oxygen atoms in total. The van der Waals surface area contributed by atoms with Crippen molar-refractivity contribution in [3.63, 3.8) is 0 Å². The van der Waals surface area contributed by atoms with Crippen molar-refractivity contribution in [1.82, 2.24) is 4.98 Å². The first-order valence-corrected chi connectivity index (χ1v) is 4.98. The van der Waals surface area contributed by atoms with Crippen molar-refractivity contribution >= 4 is 33.2 Å². The number of methoxy groups -OCH3 is 1. The molecule has 0 amide bonds. The highest BCUT2D eigenvalue weighted by molar-refractivity contribution is 7.19. The highest BCUT2D eigenvalue weighted by atomic mass is 35.5. The Bertz CT molecular complexity index is 529. The molecule has 0 aliphatic carbocycles. The summed E-state index contributed by atoms with van der Waals surface area (Å²) in [5.74, 6) is 0.602. The lowest BCUT2D eigenvalue weighted by Gasteiger charge is -2.00. The Balaban J connectivity index is 2.79. The fourth-order valence-corrected chi connectivity index (χ4v) is 2.26. The van der Waals surface area contributed by atoms with E-state index in [1.165, 1.54) is 11.3 Å². The number of ether oxygens (including phenoxy) is 1. The Morgan fingerprint density at radius 3 is 3.00 bits per heavy atom. The molecular formula is C9H5ClN2OS. The van der Waals surface area contributed by atoms with Gasteiger partial charge in [-0.1, -0.05) is 11.6 Å². The van der Waals surface area contributed by atoms with Crippen LogP contribution in [0.1, 0.15) is 5.01 Å². The topological polar surface area (TPSA) is 45.9 Å². The van der Waals surface area contributed by atoms with Crippen LogP contribution in [0.5, 0.6) is 5.75 Å². The second kappa shape index (κ2) is 3.45. The smallest absolute Gasteiger partial charge is 0.195 e. The summed E-state index contributed by atoms with van der Waals surface area (Å²) in [4.78, 5) is 4.12. The van der Waals surface area contributed by atoms with Gasteiger partial charge in [-0.25, -0.2) is 4.98 Å². The fourth-order valence-electron chi connectivity index (χ4n) is 1.17. The molecule has 1 aromatic heterocycles. The molecule has 1 heterocycles. The molecule has 2 rings (SSSR count). The largest absolute Gasteiger partial charge is 0.494 e. The summed E-state index contributed by atoms with van der Waals surface area (Å²) < 4.78 is 5.98. The lowest BCUT2D eigenvalue weighted by atomic mass is 10.3. The van der Waals surface area contributed by atoms with Crippen LogP contribution in [0.4, 0.5) is 0 Å². The Kier molecular flexibility index (Phi) is 2.28. The predicted octanol–water partition coefficient (Wildman–Crippen LogP) is 2.83. The van der Waals surface area contributed by atoms with Crippen molar-refractivity contribution in [2.45, 2.75) is 0 Å². The SMILES string of the molecule is COc1cc(Cl)cc2sc(C#N)nc12. The van der Waals surface area contributed by atoms with E-state index >= 15 is 0 Å². The molecule has 0 saturated heterocycles. The first-order valence-electron chi connectivity index (χ1n) is 3.79. The van der Waals surface area contributed by atoms with E-state index in [0.29, 0.717) is 21.3 Å². The third kappa shape index (κ3) is 1.41. The molecule has 14 heavy (non-hydrogen) atoms. The van der Waals surface area contributed by atoms with E-state index in [2.05, 4.69) is 4.98 Å². The van der Waals surface area contributed by atoms with Crippen molar-refractivity contribution in [3.8, 4) is 11.8 Å². The number of hydrogen-bond donors (Lipinski definition) is 0. The van der Waals surface area contributed by atoms with Gasteiger partial charge < -0.3 is 4.74 Å². The molecule has 0 radical (unpaired) electrons. The molecule has 0 bridgehead atoms. The molecule has 1 aromatic carbocycles. The predicted molar refractivity (Wildman–Crippen MR) is 55.9 cm³/mol. The molecule has 0 spiro atoms. The van der Waals surface area contributed by atoms with Gasteiger partial charge in [-0.05, 0) is 6.07 Å². The van der Waals surface area contributed by atoms with E-state index in [1.54, 1.807) is 19.2 Å². The van der Waals surface area contributed by atoms with E-state index in [-0.39, 0.29) is 0 Å². The second-order valence-corrected chi connectivity index (χ2v) is 4.05. The van der Waals surface area contributed by atoms with E-state index in [1.807, 2.05) is 6.07 Å². The van der Waals surface area contributed by atoms with Gasteiger partial charge in [-0.2, -0.15) is 5.26 Å². The molecule has 70 valence electrons. The molecule has 0 unspecified atom stereocenters. The lowest BCUT2D eigenvalue weighted by molar-refractivity contribution is 0.419. The minimum atomic E-state index is 0.417. The third-order valence-electron chi connectivity index (χ3n) is 1.74. The van der Waals surface area contributed by atoms with Gasteiger partial charge in [0.1, 0.15) is 17.3 Å². The fraction of sp³-hybridized carbons (Fsp3) is 0.111. The van der Waals surface area contributed by atoms with Crippen LogP contribution in [0, 0.1) is 11.3 Å². The van der Waals surface area contributed by atoms with Crippen LogP contribution in [0.15, 0.2) is 12.1 Å². The van der Waals surface area contributed by atoms with Gasteiger partial charge in [0, 0.05) is 11.1 Å². The number of thiazole rings is 1. The van der Waals surface area contributed by atoms with Crippen molar-refractivity contribution in [2.24, 2.45) is 0 Å². The molecule has 0 fully saturated rings. The lowest BCUT2D eigenvalue weighted by Crippen LogP contribution is -1.84. The average Bonchev–Trinajstić information content (AvgIpc) is 2.59. The number of hydrogen-bond acceptors (Lipinski definition) is 4. The Morgan fingerprint density at radius 1 is 1.57 bits per heavy atom. The summed E-state index contributed by atoms with van der Waals surface area (Å²) in [5.41, 5.74) is 0.693. The van der Waals surface area contributed by atoms with Gasteiger partial charge >= 0.3 is 0 Å². The number of halogens is 1. The molecule has 0 aliphatic heterocycles. The van der Waals surface area contributed by atoms with Gasteiger partial charge in [0.2, 0.25) is 0 Å². The highest BCUT2D eigenvalue weighted by Gasteiger charge is 2.09. The normalized spacial score (nSPS) is 10.1. The van der Waals surface area contributed by atoms with Gasteiger partial charge in [0.05, 0.1) is 11.8 Å². The van der Waals surface area contributed by atoms with E-state index < -0.39 is 0 Å². The van der Waals surface area contributed by atoms with Crippen molar-refractivity contribution < 1.29 is 4.74 Å².